The molecule has 5 nitrogen and oxygen atoms in total. The van der Waals surface area contributed by atoms with Crippen LogP contribution in [0, 0.1) is 13.8 Å². The predicted molar refractivity (Wildman–Crippen MR) is 73.8 cm³/mol. The second-order valence-electron chi connectivity index (χ2n) is 4.47. The van der Waals surface area contributed by atoms with Crippen LogP contribution in [-0.4, -0.2) is 28.3 Å². The number of rotatable bonds is 3. The molecule has 0 spiro atoms. The average Bonchev–Trinajstić information content (AvgIpc) is 2.81. The lowest BCUT2D eigenvalue weighted by Crippen LogP contribution is -2.20. The van der Waals surface area contributed by atoms with Gasteiger partial charge in [0.2, 0.25) is 0 Å². The summed E-state index contributed by atoms with van der Waals surface area (Å²) in [6.45, 7) is 5.63. The topological polar surface area (TPSA) is 61.2 Å². The number of ether oxygens (including phenoxy) is 1. The fourth-order valence-corrected chi connectivity index (χ4v) is 1.82. The Kier molecular flexibility index (Phi) is 3.98. The van der Waals surface area contributed by atoms with Crippen LogP contribution in [0.15, 0.2) is 30.3 Å². The van der Waals surface area contributed by atoms with E-state index in [9.17, 15) is 9.59 Å². The lowest BCUT2D eigenvalue weighted by atomic mass is 10.1. The van der Waals surface area contributed by atoms with Crippen LogP contribution in [0.25, 0.3) is 0 Å². The molecular formula is C15H16N2O3. The Labute approximate surface area is 117 Å². The van der Waals surface area contributed by atoms with Crippen molar-refractivity contribution in [2.24, 2.45) is 0 Å². The molecule has 0 saturated heterocycles. The summed E-state index contributed by atoms with van der Waals surface area (Å²) in [6, 6.07) is 8.65. The van der Waals surface area contributed by atoms with Crippen molar-refractivity contribution in [1.82, 2.24) is 9.78 Å². The third-order valence-electron chi connectivity index (χ3n) is 2.81. The summed E-state index contributed by atoms with van der Waals surface area (Å²) < 4.78 is 6.03. The highest BCUT2D eigenvalue weighted by Gasteiger charge is 2.20. The fourth-order valence-electron chi connectivity index (χ4n) is 1.82. The maximum absolute atomic E-state index is 12.4. The number of esters is 1. The monoisotopic (exact) mass is 272 g/mol. The first-order valence-electron chi connectivity index (χ1n) is 6.38. The first-order chi connectivity index (χ1) is 9.52. The molecule has 20 heavy (non-hydrogen) atoms. The first-order valence-corrected chi connectivity index (χ1v) is 6.38. The van der Waals surface area contributed by atoms with Crippen molar-refractivity contribution >= 4 is 11.9 Å². The largest absolute Gasteiger partial charge is 0.461 e. The molecule has 0 bridgehead atoms. The zero-order chi connectivity index (χ0) is 14.7. The van der Waals surface area contributed by atoms with Crippen LogP contribution in [0.5, 0.6) is 0 Å². The molecular weight excluding hydrogens is 256 g/mol. The van der Waals surface area contributed by atoms with Crippen LogP contribution < -0.4 is 0 Å². The summed E-state index contributed by atoms with van der Waals surface area (Å²) >= 11 is 0. The molecule has 0 aliphatic carbocycles. The third-order valence-corrected chi connectivity index (χ3v) is 2.81. The predicted octanol–water partition coefficient (Wildman–Crippen LogP) is 2.37. The van der Waals surface area contributed by atoms with Gasteiger partial charge in [-0.3, -0.25) is 4.79 Å². The first kappa shape index (κ1) is 14.0. The molecule has 0 aliphatic rings. The van der Waals surface area contributed by atoms with Gasteiger partial charge in [-0.05, 0) is 39.0 Å². The Hall–Kier alpha value is -2.43. The van der Waals surface area contributed by atoms with E-state index in [1.165, 1.54) is 0 Å². The Morgan fingerprint density at radius 2 is 1.85 bits per heavy atom. The molecule has 2 aromatic rings. The third kappa shape index (κ3) is 2.77. The Balaban J connectivity index is 2.39. The van der Waals surface area contributed by atoms with Gasteiger partial charge in [-0.2, -0.15) is 9.78 Å². The van der Waals surface area contributed by atoms with Gasteiger partial charge in [-0.15, -0.1) is 0 Å². The molecule has 0 atom stereocenters. The van der Waals surface area contributed by atoms with Crippen LogP contribution >= 0.6 is 0 Å². The van der Waals surface area contributed by atoms with Crippen molar-refractivity contribution in [3.63, 3.8) is 0 Å². The highest BCUT2D eigenvalue weighted by atomic mass is 16.5. The zero-order valence-corrected chi connectivity index (χ0v) is 11.7. The van der Waals surface area contributed by atoms with Crippen LogP contribution in [-0.2, 0) is 4.74 Å². The summed E-state index contributed by atoms with van der Waals surface area (Å²) in [4.78, 5) is 24.2. The average molecular weight is 272 g/mol. The summed E-state index contributed by atoms with van der Waals surface area (Å²) in [5.74, 6) is -0.894. The van der Waals surface area contributed by atoms with E-state index in [2.05, 4.69) is 5.10 Å². The van der Waals surface area contributed by atoms with E-state index < -0.39 is 5.97 Å². The van der Waals surface area contributed by atoms with Gasteiger partial charge in [-0.1, -0.05) is 17.7 Å². The molecule has 0 fully saturated rings. The number of aryl methyl sites for hydroxylation is 2. The fraction of sp³-hybridized carbons (Fsp3) is 0.267. The van der Waals surface area contributed by atoms with Gasteiger partial charge in [0.15, 0.2) is 5.69 Å². The molecule has 0 N–H and O–H groups in total. The molecule has 0 radical (unpaired) electrons. The Morgan fingerprint density at radius 3 is 2.45 bits per heavy atom. The highest BCUT2D eigenvalue weighted by molar-refractivity contribution is 6.00. The number of carbonyl (C=O) groups excluding carboxylic acids is 2. The Morgan fingerprint density at radius 1 is 1.20 bits per heavy atom. The van der Waals surface area contributed by atoms with Crippen molar-refractivity contribution in [1.29, 1.82) is 0 Å². The van der Waals surface area contributed by atoms with Crippen molar-refractivity contribution in [2.75, 3.05) is 6.61 Å². The summed E-state index contributed by atoms with van der Waals surface area (Å²) in [5.41, 5.74) is 2.27. The van der Waals surface area contributed by atoms with Gasteiger partial charge in [0, 0.05) is 5.56 Å². The minimum atomic E-state index is -0.548. The molecule has 104 valence electrons. The molecule has 2 rings (SSSR count). The number of hydrogen-bond donors (Lipinski definition) is 0. The number of hydrogen-bond acceptors (Lipinski definition) is 4. The zero-order valence-electron chi connectivity index (χ0n) is 11.7. The van der Waals surface area contributed by atoms with Crippen molar-refractivity contribution in [3.05, 3.63) is 52.8 Å². The molecule has 1 heterocycles. The molecule has 0 saturated carbocycles. The molecule has 1 aromatic carbocycles. The smallest absolute Gasteiger partial charge is 0.357 e. The van der Waals surface area contributed by atoms with Crippen LogP contribution in [0.3, 0.4) is 0 Å². The van der Waals surface area contributed by atoms with E-state index in [1.807, 2.05) is 19.1 Å². The SMILES string of the molecule is CCOC(=O)c1cc(C)nn1C(=O)c1ccc(C)cc1. The molecule has 0 amide bonds. The minimum absolute atomic E-state index is 0.148. The van der Waals surface area contributed by atoms with Gasteiger partial charge < -0.3 is 4.74 Å². The van der Waals surface area contributed by atoms with Crippen LogP contribution in [0.4, 0.5) is 0 Å². The molecule has 0 unspecified atom stereocenters. The van der Waals surface area contributed by atoms with Gasteiger partial charge in [0.25, 0.3) is 5.91 Å². The molecule has 0 aliphatic heterocycles. The van der Waals surface area contributed by atoms with E-state index >= 15 is 0 Å². The van der Waals surface area contributed by atoms with Crippen molar-refractivity contribution < 1.29 is 14.3 Å². The summed E-state index contributed by atoms with van der Waals surface area (Å²) in [6.07, 6.45) is 0. The standard InChI is InChI=1S/C15H16N2O3/c1-4-20-15(19)13-9-11(3)16-17(13)14(18)12-7-5-10(2)6-8-12/h5-9H,4H2,1-3H3. The second-order valence-corrected chi connectivity index (χ2v) is 4.47. The lowest BCUT2D eigenvalue weighted by Gasteiger charge is -2.06. The van der Waals surface area contributed by atoms with Gasteiger partial charge in [0.1, 0.15) is 0 Å². The maximum Gasteiger partial charge on any atom is 0.357 e. The van der Waals surface area contributed by atoms with Gasteiger partial charge in [0.05, 0.1) is 12.3 Å². The minimum Gasteiger partial charge on any atom is -0.461 e. The summed E-state index contributed by atoms with van der Waals surface area (Å²) in [7, 11) is 0. The quantitative estimate of drug-likeness (QED) is 0.805. The number of carbonyl (C=O) groups is 2. The van der Waals surface area contributed by atoms with E-state index in [1.54, 1.807) is 32.0 Å². The van der Waals surface area contributed by atoms with E-state index in [0.29, 0.717) is 11.3 Å². The normalized spacial score (nSPS) is 10.3. The van der Waals surface area contributed by atoms with Crippen molar-refractivity contribution in [2.45, 2.75) is 20.8 Å². The van der Waals surface area contributed by atoms with Gasteiger partial charge in [-0.25, -0.2) is 4.79 Å². The Bertz CT molecular complexity index is 642. The van der Waals surface area contributed by atoms with E-state index in [-0.39, 0.29) is 18.2 Å². The summed E-state index contributed by atoms with van der Waals surface area (Å²) in [5, 5.41) is 4.08. The number of nitrogens with zero attached hydrogens (tertiary/aromatic N) is 2. The number of benzene rings is 1. The molecule has 5 heteroatoms. The lowest BCUT2D eigenvalue weighted by molar-refractivity contribution is 0.0507. The van der Waals surface area contributed by atoms with Crippen LogP contribution in [0.1, 0.15) is 39.0 Å². The number of aromatic nitrogens is 2. The molecule has 1 aromatic heterocycles. The second kappa shape index (κ2) is 5.69. The highest BCUT2D eigenvalue weighted by Crippen LogP contribution is 2.11. The van der Waals surface area contributed by atoms with Crippen LogP contribution in [0.2, 0.25) is 0 Å². The van der Waals surface area contributed by atoms with E-state index in [4.69, 9.17) is 4.74 Å². The van der Waals surface area contributed by atoms with Crippen molar-refractivity contribution in [3.8, 4) is 0 Å². The maximum atomic E-state index is 12.4. The van der Waals surface area contributed by atoms with E-state index in [0.717, 1.165) is 10.2 Å². The van der Waals surface area contributed by atoms with Gasteiger partial charge >= 0.3 is 5.97 Å².